The smallest absolute Gasteiger partial charge is 0.335 e. The van der Waals surface area contributed by atoms with Crippen molar-refractivity contribution in [2.45, 2.75) is 19.6 Å². The minimum Gasteiger partial charge on any atom is -0.489 e. The summed E-state index contributed by atoms with van der Waals surface area (Å²) < 4.78 is 5.74. The fraction of sp³-hybridized carbons (Fsp3) is 0.172. The number of fused-ring (bicyclic) bond motifs is 1. The molecule has 3 amide bonds. The molecule has 9 heteroatoms. The summed E-state index contributed by atoms with van der Waals surface area (Å²) in [5.41, 5.74) is 3.93. The van der Waals surface area contributed by atoms with Gasteiger partial charge in [0, 0.05) is 13.1 Å². The normalized spacial score (nSPS) is 16.1. The van der Waals surface area contributed by atoms with Crippen LogP contribution in [0.2, 0.25) is 0 Å². The number of carboxylic acids is 1. The van der Waals surface area contributed by atoms with Gasteiger partial charge in [0.15, 0.2) is 0 Å². The molecule has 0 bridgehead atoms. The Balaban J connectivity index is 1.19. The van der Waals surface area contributed by atoms with Crippen LogP contribution >= 0.6 is 11.8 Å². The molecule has 0 unspecified atom stereocenters. The molecule has 3 aromatic rings. The van der Waals surface area contributed by atoms with Crippen molar-refractivity contribution in [1.29, 1.82) is 0 Å². The summed E-state index contributed by atoms with van der Waals surface area (Å²) in [6.45, 7) is 0.956. The van der Waals surface area contributed by atoms with Crippen LogP contribution in [-0.4, -0.2) is 51.0 Å². The molecule has 3 aromatic carbocycles. The molecule has 192 valence electrons. The van der Waals surface area contributed by atoms with E-state index < -0.39 is 17.1 Å². The number of hydrogen-bond acceptors (Lipinski definition) is 6. The first kappa shape index (κ1) is 25.3. The molecule has 1 saturated heterocycles. The van der Waals surface area contributed by atoms with Crippen LogP contribution in [0.1, 0.15) is 32.6 Å². The molecule has 2 heterocycles. The van der Waals surface area contributed by atoms with Crippen LogP contribution in [-0.2, 0) is 29.2 Å². The van der Waals surface area contributed by atoms with Crippen molar-refractivity contribution in [2.24, 2.45) is 0 Å². The third-order valence-electron chi connectivity index (χ3n) is 6.41. The Morgan fingerprint density at radius 1 is 0.974 bits per heavy atom. The number of carbonyl (C=O) groups excluding carboxylic acids is 3. The number of rotatable bonds is 7. The van der Waals surface area contributed by atoms with Gasteiger partial charge in [-0.2, -0.15) is 0 Å². The monoisotopic (exact) mass is 528 g/mol. The fourth-order valence-corrected chi connectivity index (χ4v) is 5.19. The predicted octanol–water partition coefficient (Wildman–Crippen LogP) is 4.59. The van der Waals surface area contributed by atoms with E-state index in [9.17, 15) is 19.2 Å². The Morgan fingerprint density at radius 3 is 2.50 bits per heavy atom. The van der Waals surface area contributed by atoms with Gasteiger partial charge in [0.1, 0.15) is 18.9 Å². The van der Waals surface area contributed by atoms with Gasteiger partial charge in [-0.15, -0.1) is 0 Å². The molecule has 0 atom stereocenters. The Bertz CT molecular complexity index is 1450. The van der Waals surface area contributed by atoms with Crippen LogP contribution in [0.3, 0.4) is 0 Å². The summed E-state index contributed by atoms with van der Waals surface area (Å²) in [6.07, 6.45) is 2.37. The van der Waals surface area contributed by atoms with Gasteiger partial charge in [0.25, 0.3) is 11.1 Å². The molecule has 8 nitrogen and oxygen atoms in total. The summed E-state index contributed by atoms with van der Waals surface area (Å²) in [5.74, 6) is -1.16. The van der Waals surface area contributed by atoms with Gasteiger partial charge in [0.2, 0.25) is 5.91 Å². The van der Waals surface area contributed by atoms with E-state index in [1.54, 1.807) is 53.4 Å². The van der Waals surface area contributed by atoms with Gasteiger partial charge in [-0.05, 0) is 70.8 Å². The molecule has 0 aromatic heterocycles. The van der Waals surface area contributed by atoms with Crippen molar-refractivity contribution >= 4 is 40.9 Å². The molecule has 5 rings (SSSR count). The first-order chi connectivity index (χ1) is 18.4. The number of carbonyl (C=O) groups is 4. The van der Waals surface area contributed by atoms with Crippen LogP contribution < -0.4 is 4.74 Å². The minimum absolute atomic E-state index is 0.193. The molecule has 0 aliphatic carbocycles. The van der Waals surface area contributed by atoms with Crippen molar-refractivity contribution < 1.29 is 29.0 Å². The van der Waals surface area contributed by atoms with Crippen molar-refractivity contribution in [3.63, 3.8) is 0 Å². The minimum atomic E-state index is -0.998. The van der Waals surface area contributed by atoms with Crippen LogP contribution in [0.4, 0.5) is 4.79 Å². The number of nitrogens with zero attached hydrogens (tertiary/aromatic N) is 2. The average molecular weight is 529 g/mol. The lowest BCUT2D eigenvalue weighted by atomic mass is 10.00. The van der Waals surface area contributed by atoms with Gasteiger partial charge in [-0.25, -0.2) is 4.79 Å². The van der Waals surface area contributed by atoms with Crippen LogP contribution in [0.5, 0.6) is 5.75 Å². The Hall–Kier alpha value is -4.37. The second-order valence-corrected chi connectivity index (χ2v) is 9.96. The van der Waals surface area contributed by atoms with Gasteiger partial charge in [-0.3, -0.25) is 19.3 Å². The molecular weight excluding hydrogens is 504 g/mol. The zero-order valence-electron chi connectivity index (χ0n) is 20.3. The summed E-state index contributed by atoms with van der Waals surface area (Å²) in [5, 5.41) is 8.65. The molecule has 0 saturated carbocycles. The van der Waals surface area contributed by atoms with E-state index in [1.165, 1.54) is 11.6 Å². The quantitative estimate of drug-likeness (QED) is 0.448. The van der Waals surface area contributed by atoms with Crippen molar-refractivity contribution in [1.82, 2.24) is 9.80 Å². The largest absolute Gasteiger partial charge is 0.489 e. The Morgan fingerprint density at radius 2 is 1.74 bits per heavy atom. The standard InChI is InChI=1S/C29H24N2O6S/c32-26(30-13-12-21-5-1-2-6-23(21)16-30)17-31-27(33)25(38-29(31)36)15-19-8-10-24(11-9-19)37-18-20-4-3-7-22(14-20)28(34)35/h1-11,14-15H,12-13,16-18H2,(H,34,35)/b25-15-. The molecule has 0 spiro atoms. The molecule has 2 aliphatic rings. The topological polar surface area (TPSA) is 104 Å². The van der Waals surface area contributed by atoms with Gasteiger partial charge in [0.05, 0.1) is 10.5 Å². The molecular formula is C29H24N2O6S. The van der Waals surface area contributed by atoms with Crippen molar-refractivity contribution in [3.8, 4) is 5.75 Å². The average Bonchev–Trinajstić information content (AvgIpc) is 3.19. The number of benzene rings is 3. The van der Waals surface area contributed by atoms with E-state index in [4.69, 9.17) is 9.84 Å². The lowest BCUT2D eigenvalue weighted by Crippen LogP contribution is -2.44. The van der Waals surface area contributed by atoms with E-state index in [0.29, 0.717) is 24.4 Å². The summed E-state index contributed by atoms with van der Waals surface area (Å²) in [6, 6.07) is 21.5. The molecule has 0 radical (unpaired) electrons. The molecule has 38 heavy (non-hydrogen) atoms. The van der Waals surface area contributed by atoms with Gasteiger partial charge < -0.3 is 14.7 Å². The number of thioether (sulfide) groups is 1. The zero-order chi connectivity index (χ0) is 26.6. The highest BCUT2D eigenvalue weighted by molar-refractivity contribution is 8.18. The molecule has 1 N–H and O–H groups in total. The van der Waals surface area contributed by atoms with Crippen LogP contribution in [0.25, 0.3) is 6.08 Å². The van der Waals surface area contributed by atoms with Gasteiger partial charge in [-0.1, -0.05) is 48.5 Å². The second-order valence-electron chi connectivity index (χ2n) is 8.97. The van der Waals surface area contributed by atoms with Crippen molar-refractivity contribution in [2.75, 3.05) is 13.1 Å². The maximum absolute atomic E-state index is 12.9. The SMILES string of the molecule is O=C(O)c1cccc(COc2ccc(/C=C3\SC(=O)N(CC(=O)N4CCc5ccccc5C4)C3=O)cc2)c1. The van der Waals surface area contributed by atoms with E-state index in [0.717, 1.165) is 34.2 Å². The maximum Gasteiger partial charge on any atom is 0.335 e. The lowest BCUT2D eigenvalue weighted by molar-refractivity contribution is -0.136. The molecule has 2 aliphatic heterocycles. The van der Waals surface area contributed by atoms with Crippen LogP contribution in [0, 0.1) is 0 Å². The summed E-state index contributed by atoms with van der Waals surface area (Å²) >= 11 is 0.818. The third-order valence-corrected chi connectivity index (χ3v) is 7.32. The van der Waals surface area contributed by atoms with Crippen LogP contribution in [0.15, 0.2) is 77.7 Å². The number of carboxylic acid groups (broad SMARTS) is 1. The Kier molecular flexibility index (Phi) is 7.28. The number of amides is 3. The Labute approximate surface area is 223 Å². The maximum atomic E-state index is 12.9. The van der Waals surface area contributed by atoms with E-state index >= 15 is 0 Å². The van der Waals surface area contributed by atoms with E-state index in [2.05, 4.69) is 6.07 Å². The number of aromatic carboxylic acids is 1. The highest BCUT2D eigenvalue weighted by atomic mass is 32.2. The fourth-order valence-electron chi connectivity index (χ4n) is 4.35. The van der Waals surface area contributed by atoms with Gasteiger partial charge >= 0.3 is 5.97 Å². The zero-order valence-corrected chi connectivity index (χ0v) is 21.1. The molecule has 1 fully saturated rings. The highest BCUT2D eigenvalue weighted by Crippen LogP contribution is 2.32. The number of ether oxygens (including phenoxy) is 1. The van der Waals surface area contributed by atoms with E-state index in [-0.39, 0.29) is 29.5 Å². The highest BCUT2D eigenvalue weighted by Gasteiger charge is 2.37. The second kappa shape index (κ2) is 10.9. The first-order valence-electron chi connectivity index (χ1n) is 12.0. The van der Waals surface area contributed by atoms with E-state index in [1.807, 2.05) is 18.2 Å². The lowest BCUT2D eigenvalue weighted by Gasteiger charge is -2.29. The first-order valence-corrected chi connectivity index (χ1v) is 12.8. The third kappa shape index (κ3) is 5.63. The number of imide groups is 1. The number of hydrogen-bond donors (Lipinski definition) is 1. The predicted molar refractivity (Wildman–Crippen MR) is 142 cm³/mol. The summed E-state index contributed by atoms with van der Waals surface area (Å²) in [4.78, 5) is 52.4. The van der Waals surface area contributed by atoms with Crippen molar-refractivity contribution in [3.05, 3.63) is 106 Å². The summed E-state index contributed by atoms with van der Waals surface area (Å²) in [7, 11) is 0.